The number of aliphatic hydroxyl groups is 1. The predicted molar refractivity (Wildman–Crippen MR) is 72.3 cm³/mol. The summed E-state index contributed by atoms with van der Waals surface area (Å²) in [6.07, 6.45) is 1.01. The average molecular weight is 246 g/mol. The minimum atomic E-state index is 0.0296. The van der Waals surface area contributed by atoms with Crippen molar-refractivity contribution in [2.75, 3.05) is 19.8 Å². The van der Waals surface area contributed by atoms with Gasteiger partial charge in [0, 0.05) is 0 Å². The number of rotatable bonds is 6. The molecule has 2 aromatic rings. The van der Waals surface area contributed by atoms with E-state index >= 15 is 0 Å². The first-order valence-electron chi connectivity index (χ1n) is 6.24. The SMILES string of the molecule is CCCOc1ccc2cc(OCCO)ccc2c1. The van der Waals surface area contributed by atoms with Crippen LogP contribution in [-0.4, -0.2) is 24.9 Å². The minimum Gasteiger partial charge on any atom is -0.494 e. The Hall–Kier alpha value is -1.74. The van der Waals surface area contributed by atoms with Gasteiger partial charge in [-0.25, -0.2) is 0 Å². The summed E-state index contributed by atoms with van der Waals surface area (Å²) < 4.78 is 11.0. The van der Waals surface area contributed by atoms with Crippen LogP contribution < -0.4 is 9.47 Å². The monoisotopic (exact) mass is 246 g/mol. The van der Waals surface area contributed by atoms with Crippen LogP contribution in [0.2, 0.25) is 0 Å². The zero-order valence-corrected chi connectivity index (χ0v) is 10.6. The lowest BCUT2D eigenvalue weighted by Gasteiger charge is -2.08. The van der Waals surface area contributed by atoms with Gasteiger partial charge in [-0.1, -0.05) is 19.1 Å². The van der Waals surface area contributed by atoms with Crippen LogP contribution in [0.3, 0.4) is 0 Å². The van der Waals surface area contributed by atoms with Crippen molar-refractivity contribution in [1.29, 1.82) is 0 Å². The molecule has 0 radical (unpaired) electrons. The Labute approximate surface area is 107 Å². The molecule has 0 fully saturated rings. The molecule has 3 heteroatoms. The van der Waals surface area contributed by atoms with Crippen molar-refractivity contribution in [2.24, 2.45) is 0 Å². The van der Waals surface area contributed by atoms with Crippen molar-refractivity contribution >= 4 is 10.8 Å². The van der Waals surface area contributed by atoms with Crippen LogP contribution >= 0.6 is 0 Å². The second kappa shape index (κ2) is 6.26. The summed E-state index contributed by atoms with van der Waals surface area (Å²) in [5.74, 6) is 1.67. The van der Waals surface area contributed by atoms with Gasteiger partial charge in [0.05, 0.1) is 13.2 Å². The molecule has 0 aromatic heterocycles. The molecular weight excluding hydrogens is 228 g/mol. The maximum absolute atomic E-state index is 8.72. The fourth-order valence-corrected chi connectivity index (χ4v) is 1.76. The van der Waals surface area contributed by atoms with Gasteiger partial charge in [0.1, 0.15) is 18.1 Å². The first kappa shape index (κ1) is 12.7. The highest BCUT2D eigenvalue weighted by Gasteiger charge is 2.00. The fourth-order valence-electron chi connectivity index (χ4n) is 1.76. The van der Waals surface area contributed by atoms with Crippen LogP contribution in [0.25, 0.3) is 10.8 Å². The second-order valence-electron chi connectivity index (χ2n) is 4.09. The largest absolute Gasteiger partial charge is 0.494 e. The Balaban J connectivity index is 2.19. The van der Waals surface area contributed by atoms with E-state index in [1.807, 2.05) is 36.4 Å². The number of fused-ring (bicyclic) bond motifs is 1. The third kappa shape index (κ3) is 3.14. The summed E-state index contributed by atoms with van der Waals surface area (Å²) in [6.45, 7) is 3.18. The van der Waals surface area contributed by atoms with Gasteiger partial charge >= 0.3 is 0 Å². The normalized spacial score (nSPS) is 10.6. The van der Waals surface area contributed by atoms with Gasteiger partial charge in [0.2, 0.25) is 0 Å². The zero-order valence-electron chi connectivity index (χ0n) is 10.6. The van der Waals surface area contributed by atoms with E-state index in [1.165, 1.54) is 0 Å². The Morgan fingerprint density at radius 1 is 0.889 bits per heavy atom. The predicted octanol–water partition coefficient (Wildman–Crippen LogP) is 3.00. The average Bonchev–Trinajstić information content (AvgIpc) is 2.42. The van der Waals surface area contributed by atoms with Gasteiger partial charge in [-0.2, -0.15) is 0 Å². The summed E-state index contributed by atoms with van der Waals surface area (Å²) in [4.78, 5) is 0. The standard InChI is InChI=1S/C15H18O3/c1-2-8-17-14-5-3-13-11-15(18-9-7-16)6-4-12(13)10-14/h3-6,10-11,16H,2,7-9H2,1H3. The summed E-state index contributed by atoms with van der Waals surface area (Å²) >= 11 is 0. The molecule has 18 heavy (non-hydrogen) atoms. The van der Waals surface area contributed by atoms with Gasteiger partial charge in [0.25, 0.3) is 0 Å². The summed E-state index contributed by atoms with van der Waals surface area (Å²) in [7, 11) is 0. The lowest BCUT2D eigenvalue weighted by molar-refractivity contribution is 0.201. The van der Waals surface area contributed by atoms with E-state index in [-0.39, 0.29) is 6.61 Å². The highest BCUT2D eigenvalue weighted by molar-refractivity contribution is 5.85. The van der Waals surface area contributed by atoms with Gasteiger partial charge in [-0.05, 0) is 41.5 Å². The first-order valence-corrected chi connectivity index (χ1v) is 6.24. The van der Waals surface area contributed by atoms with Gasteiger partial charge in [-0.3, -0.25) is 0 Å². The Kier molecular flexibility index (Phi) is 4.42. The van der Waals surface area contributed by atoms with Crippen LogP contribution in [0, 0.1) is 0 Å². The smallest absolute Gasteiger partial charge is 0.120 e. The van der Waals surface area contributed by atoms with Crippen molar-refractivity contribution in [1.82, 2.24) is 0 Å². The quantitative estimate of drug-likeness (QED) is 0.851. The van der Waals surface area contributed by atoms with Crippen molar-refractivity contribution in [3.05, 3.63) is 36.4 Å². The van der Waals surface area contributed by atoms with Gasteiger partial charge in [-0.15, -0.1) is 0 Å². The third-order valence-electron chi connectivity index (χ3n) is 2.62. The number of aliphatic hydroxyl groups excluding tert-OH is 1. The van der Waals surface area contributed by atoms with Crippen molar-refractivity contribution in [3.63, 3.8) is 0 Å². The molecule has 96 valence electrons. The highest BCUT2D eigenvalue weighted by atomic mass is 16.5. The molecular formula is C15H18O3. The summed E-state index contributed by atoms with van der Waals surface area (Å²) in [5.41, 5.74) is 0. The Morgan fingerprint density at radius 3 is 1.94 bits per heavy atom. The topological polar surface area (TPSA) is 38.7 Å². The first-order chi connectivity index (χ1) is 8.83. The molecule has 0 saturated heterocycles. The fraction of sp³-hybridized carbons (Fsp3) is 0.333. The molecule has 0 spiro atoms. The van der Waals surface area contributed by atoms with Crippen molar-refractivity contribution in [3.8, 4) is 11.5 Å². The minimum absolute atomic E-state index is 0.0296. The molecule has 0 saturated carbocycles. The molecule has 0 aliphatic rings. The van der Waals surface area contributed by atoms with E-state index < -0.39 is 0 Å². The van der Waals surface area contributed by atoms with Gasteiger partial charge in [0.15, 0.2) is 0 Å². The van der Waals surface area contributed by atoms with Crippen LogP contribution in [0.4, 0.5) is 0 Å². The highest BCUT2D eigenvalue weighted by Crippen LogP contribution is 2.25. The molecule has 1 N–H and O–H groups in total. The van der Waals surface area contributed by atoms with Gasteiger partial charge < -0.3 is 14.6 Å². The maximum atomic E-state index is 8.72. The van der Waals surface area contributed by atoms with E-state index in [1.54, 1.807) is 0 Å². The number of ether oxygens (including phenoxy) is 2. The second-order valence-corrected chi connectivity index (χ2v) is 4.09. The number of hydrogen-bond acceptors (Lipinski definition) is 3. The molecule has 0 aliphatic heterocycles. The molecule has 3 nitrogen and oxygen atoms in total. The van der Waals surface area contributed by atoms with Crippen molar-refractivity contribution in [2.45, 2.75) is 13.3 Å². The molecule has 0 unspecified atom stereocenters. The van der Waals surface area contributed by atoms with Crippen LogP contribution in [-0.2, 0) is 0 Å². The van der Waals surface area contributed by atoms with E-state index in [4.69, 9.17) is 14.6 Å². The van der Waals surface area contributed by atoms with Crippen molar-refractivity contribution < 1.29 is 14.6 Å². The Bertz CT molecular complexity index is 461. The lowest BCUT2D eigenvalue weighted by Crippen LogP contribution is -2.01. The summed E-state index contributed by atoms with van der Waals surface area (Å²) in [5, 5.41) is 10.9. The zero-order chi connectivity index (χ0) is 12.8. The molecule has 0 atom stereocenters. The van der Waals surface area contributed by atoms with E-state index in [0.717, 1.165) is 35.3 Å². The number of hydrogen-bond donors (Lipinski definition) is 1. The molecule has 2 rings (SSSR count). The van der Waals surface area contributed by atoms with Crippen LogP contribution in [0.15, 0.2) is 36.4 Å². The maximum Gasteiger partial charge on any atom is 0.120 e. The molecule has 2 aromatic carbocycles. The van der Waals surface area contributed by atoms with E-state index in [9.17, 15) is 0 Å². The third-order valence-corrected chi connectivity index (χ3v) is 2.62. The number of benzene rings is 2. The molecule has 0 amide bonds. The van der Waals surface area contributed by atoms with E-state index in [0.29, 0.717) is 6.61 Å². The van der Waals surface area contributed by atoms with E-state index in [2.05, 4.69) is 6.92 Å². The molecule has 0 heterocycles. The summed E-state index contributed by atoms with van der Waals surface area (Å²) in [6, 6.07) is 11.9. The Morgan fingerprint density at radius 2 is 1.44 bits per heavy atom. The van der Waals surface area contributed by atoms with Crippen LogP contribution in [0.1, 0.15) is 13.3 Å². The molecule has 0 aliphatic carbocycles. The van der Waals surface area contributed by atoms with Crippen LogP contribution in [0.5, 0.6) is 11.5 Å². The molecule has 0 bridgehead atoms. The lowest BCUT2D eigenvalue weighted by atomic mass is 10.1.